The van der Waals surface area contributed by atoms with E-state index in [1.807, 2.05) is 30.3 Å². The standard InChI is InChI=1S/C24H24N4O5/c29-22(9-8-21-26-23(27-33-21)16-4-2-1-3-5-16)28-12-10-17(11-13-28)24(30)25-18-6-7-19-20(14-18)32-15-31-19/h1-7,14,17H,8-13,15H2,(H,25,30). The molecular formula is C24H24N4O5. The minimum Gasteiger partial charge on any atom is -0.454 e. The topological polar surface area (TPSA) is 107 Å². The van der Waals surface area contributed by atoms with Crippen molar-refractivity contribution >= 4 is 17.5 Å². The van der Waals surface area contributed by atoms with E-state index < -0.39 is 0 Å². The van der Waals surface area contributed by atoms with E-state index in [0.29, 0.717) is 67.7 Å². The fourth-order valence-corrected chi connectivity index (χ4v) is 4.04. The molecule has 0 atom stereocenters. The molecule has 0 bridgehead atoms. The molecule has 0 saturated carbocycles. The Bertz CT molecular complexity index is 1140. The Balaban J connectivity index is 1.08. The van der Waals surface area contributed by atoms with E-state index >= 15 is 0 Å². The van der Waals surface area contributed by atoms with E-state index in [1.165, 1.54) is 0 Å². The third-order valence-electron chi connectivity index (χ3n) is 5.91. The summed E-state index contributed by atoms with van der Waals surface area (Å²) in [4.78, 5) is 31.5. The highest BCUT2D eigenvalue weighted by molar-refractivity contribution is 5.93. The number of likely N-dealkylation sites (tertiary alicyclic amines) is 1. The van der Waals surface area contributed by atoms with Gasteiger partial charge in [-0.1, -0.05) is 35.5 Å². The largest absolute Gasteiger partial charge is 0.454 e. The molecular weight excluding hydrogens is 424 g/mol. The van der Waals surface area contributed by atoms with E-state index in [0.717, 1.165) is 5.56 Å². The molecule has 1 aromatic heterocycles. The van der Waals surface area contributed by atoms with Crippen LogP contribution in [-0.2, 0) is 16.0 Å². The maximum atomic E-state index is 12.7. The van der Waals surface area contributed by atoms with Gasteiger partial charge in [-0.25, -0.2) is 0 Å². The van der Waals surface area contributed by atoms with Gasteiger partial charge in [0.2, 0.25) is 30.3 Å². The summed E-state index contributed by atoms with van der Waals surface area (Å²) in [6.07, 6.45) is 1.94. The highest BCUT2D eigenvalue weighted by Crippen LogP contribution is 2.34. The van der Waals surface area contributed by atoms with Crippen LogP contribution < -0.4 is 14.8 Å². The molecule has 2 aliphatic rings. The van der Waals surface area contributed by atoms with Crippen LogP contribution in [-0.4, -0.2) is 46.7 Å². The highest BCUT2D eigenvalue weighted by Gasteiger charge is 2.28. The zero-order chi connectivity index (χ0) is 22.6. The Labute approximate surface area is 190 Å². The number of carbonyl (C=O) groups excluding carboxylic acids is 2. The molecule has 1 saturated heterocycles. The molecule has 0 radical (unpaired) electrons. The van der Waals surface area contributed by atoms with Crippen LogP contribution in [0.5, 0.6) is 11.5 Å². The number of rotatable bonds is 6. The first-order valence-corrected chi connectivity index (χ1v) is 11.0. The number of amides is 2. The number of ether oxygens (including phenoxy) is 2. The van der Waals surface area contributed by atoms with E-state index in [9.17, 15) is 9.59 Å². The van der Waals surface area contributed by atoms with Gasteiger partial charge in [0.1, 0.15) is 0 Å². The lowest BCUT2D eigenvalue weighted by atomic mass is 9.95. The van der Waals surface area contributed by atoms with E-state index in [2.05, 4.69) is 15.5 Å². The van der Waals surface area contributed by atoms with Gasteiger partial charge in [-0.05, 0) is 25.0 Å². The molecule has 33 heavy (non-hydrogen) atoms. The van der Waals surface area contributed by atoms with Crippen molar-refractivity contribution in [2.24, 2.45) is 5.92 Å². The summed E-state index contributed by atoms with van der Waals surface area (Å²) in [5.74, 6) is 2.13. The molecule has 3 aromatic rings. The molecule has 0 aliphatic carbocycles. The first kappa shape index (κ1) is 21.0. The molecule has 9 nitrogen and oxygen atoms in total. The van der Waals surface area contributed by atoms with E-state index in [-0.39, 0.29) is 24.5 Å². The minimum atomic E-state index is -0.135. The average Bonchev–Trinajstić information content (AvgIpc) is 3.52. The SMILES string of the molecule is O=C(Nc1ccc2c(c1)OCO2)C1CCN(C(=O)CCc2nc(-c3ccccc3)no2)CC1. The maximum absolute atomic E-state index is 12.7. The van der Waals surface area contributed by atoms with Crippen LogP contribution >= 0.6 is 0 Å². The fraction of sp³-hybridized carbons (Fsp3) is 0.333. The van der Waals surface area contributed by atoms with Crippen LogP contribution in [0, 0.1) is 5.92 Å². The van der Waals surface area contributed by atoms with Crippen molar-refractivity contribution in [1.29, 1.82) is 0 Å². The molecule has 2 aromatic carbocycles. The predicted octanol–water partition coefficient (Wildman–Crippen LogP) is 3.28. The number of aromatic nitrogens is 2. The molecule has 2 aliphatic heterocycles. The molecule has 170 valence electrons. The van der Waals surface area contributed by atoms with E-state index in [4.69, 9.17) is 14.0 Å². The third-order valence-corrected chi connectivity index (χ3v) is 5.91. The third kappa shape index (κ3) is 4.82. The Morgan fingerprint density at radius 3 is 2.64 bits per heavy atom. The zero-order valence-electron chi connectivity index (χ0n) is 18.0. The molecule has 0 unspecified atom stereocenters. The van der Waals surface area contributed by atoms with Gasteiger partial charge in [-0.2, -0.15) is 4.98 Å². The summed E-state index contributed by atoms with van der Waals surface area (Å²) < 4.78 is 15.9. The number of benzene rings is 2. The molecule has 5 rings (SSSR count). The summed E-state index contributed by atoms with van der Waals surface area (Å²) in [5.41, 5.74) is 1.55. The first-order valence-electron chi connectivity index (χ1n) is 11.0. The number of piperidine rings is 1. The Morgan fingerprint density at radius 2 is 1.82 bits per heavy atom. The van der Waals surface area contributed by atoms with Gasteiger partial charge in [0, 0.05) is 49.2 Å². The Morgan fingerprint density at radius 1 is 1.03 bits per heavy atom. The number of hydrogen-bond acceptors (Lipinski definition) is 7. The van der Waals surface area contributed by atoms with Gasteiger partial charge >= 0.3 is 0 Å². The van der Waals surface area contributed by atoms with Crippen molar-refractivity contribution in [1.82, 2.24) is 15.0 Å². The van der Waals surface area contributed by atoms with Gasteiger partial charge in [0.15, 0.2) is 11.5 Å². The normalized spacial score (nSPS) is 15.5. The smallest absolute Gasteiger partial charge is 0.231 e. The number of nitrogens with zero attached hydrogens (tertiary/aromatic N) is 3. The molecule has 1 fully saturated rings. The summed E-state index contributed by atoms with van der Waals surface area (Å²) >= 11 is 0. The summed E-state index contributed by atoms with van der Waals surface area (Å²) in [6, 6.07) is 14.9. The van der Waals surface area contributed by atoms with Gasteiger partial charge in [0.05, 0.1) is 0 Å². The average molecular weight is 448 g/mol. The number of aryl methyl sites for hydroxylation is 1. The monoisotopic (exact) mass is 448 g/mol. The molecule has 9 heteroatoms. The lowest BCUT2D eigenvalue weighted by molar-refractivity contribution is -0.134. The number of fused-ring (bicyclic) bond motifs is 1. The van der Waals surface area contributed by atoms with Crippen LogP contribution in [0.2, 0.25) is 0 Å². The second-order valence-corrected chi connectivity index (χ2v) is 8.09. The van der Waals surface area contributed by atoms with Crippen LogP contribution in [0.25, 0.3) is 11.4 Å². The van der Waals surface area contributed by atoms with Gasteiger partial charge in [-0.3, -0.25) is 9.59 Å². The van der Waals surface area contributed by atoms with Gasteiger partial charge in [0.25, 0.3) is 0 Å². The minimum absolute atomic E-state index is 0.0316. The van der Waals surface area contributed by atoms with Crippen molar-refractivity contribution in [2.75, 3.05) is 25.2 Å². The highest BCUT2D eigenvalue weighted by atomic mass is 16.7. The predicted molar refractivity (Wildman–Crippen MR) is 119 cm³/mol. The summed E-state index contributed by atoms with van der Waals surface area (Å²) in [5, 5.41) is 6.93. The Kier molecular flexibility index (Phi) is 5.93. The zero-order valence-corrected chi connectivity index (χ0v) is 18.0. The lowest BCUT2D eigenvalue weighted by Gasteiger charge is -2.31. The number of nitrogens with one attached hydrogen (secondary N) is 1. The second kappa shape index (κ2) is 9.32. The Hall–Kier alpha value is -3.88. The molecule has 2 amide bonds. The van der Waals surface area contributed by atoms with Gasteiger partial charge in [-0.15, -0.1) is 0 Å². The number of carbonyl (C=O) groups is 2. The maximum Gasteiger partial charge on any atom is 0.231 e. The van der Waals surface area contributed by atoms with Crippen molar-refractivity contribution in [3.63, 3.8) is 0 Å². The van der Waals surface area contributed by atoms with Crippen molar-refractivity contribution in [3.8, 4) is 22.9 Å². The first-order chi connectivity index (χ1) is 16.2. The number of hydrogen-bond donors (Lipinski definition) is 1. The van der Waals surface area contributed by atoms with Crippen molar-refractivity contribution in [2.45, 2.75) is 25.7 Å². The number of anilines is 1. The molecule has 3 heterocycles. The fourth-order valence-electron chi connectivity index (χ4n) is 4.04. The molecule has 1 N–H and O–H groups in total. The van der Waals surface area contributed by atoms with Crippen LogP contribution in [0.4, 0.5) is 5.69 Å². The van der Waals surface area contributed by atoms with Crippen LogP contribution in [0.3, 0.4) is 0 Å². The molecule has 0 spiro atoms. The van der Waals surface area contributed by atoms with Crippen LogP contribution in [0.15, 0.2) is 53.1 Å². The summed E-state index contributed by atoms with van der Waals surface area (Å²) in [6.45, 7) is 1.30. The second-order valence-electron chi connectivity index (χ2n) is 8.09. The van der Waals surface area contributed by atoms with Crippen molar-refractivity contribution in [3.05, 3.63) is 54.4 Å². The van der Waals surface area contributed by atoms with Gasteiger partial charge < -0.3 is 24.2 Å². The van der Waals surface area contributed by atoms with Crippen molar-refractivity contribution < 1.29 is 23.6 Å². The van der Waals surface area contributed by atoms with E-state index in [1.54, 1.807) is 23.1 Å². The van der Waals surface area contributed by atoms with Crippen LogP contribution in [0.1, 0.15) is 25.2 Å². The lowest BCUT2D eigenvalue weighted by Crippen LogP contribution is -2.41. The quantitative estimate of drug-likeness (QED) is 0.617. The summed E-state index contributed by atoms with van der Waals surface area (Å²) in [7, 11) is 0.